The summed E-state index contributed by atoms with van der Waals surface area (Å²) in [5, 5.41) is 5.68. The normalized spacial score (nSPS) is 12.1. The first kappa shape index (κ1) is 11.3. The SMILES string of the molecule is CS(=O)(=O)c1ccc2nc(-c3csnn3)[nH]c2c1. The molecule has 1 N–H and O–H groups in total. The zero-order valence-corrected chi connectivity index (χ0v) is 10.9. The maximum atomic E-state index is 11.5. The first-order valence-corrected chi connectivity index (χ1v) is 7.74. The molecule has 18 heavy (non-hydrogen) atoms. The number of rotatable bonds is 2. The summed E-state index contributed by atoms with van der Waals surface area (Å²) in [6, 6.07) is 4.79. The number of benzene rings is 1. The minimum absolute atomic E-state index is 0.265. The Bertz CT molecular complexity index is 806. The molecule has 0 aliphatic heterocycles. The van der Waals surface area contributed by atoms with Crippen LogP contribution in [0.5, 0.6) is 0 Å². The van der Waals surface area contributed by atoms with E-state index in [9.17, 15) is 8.42 Å². The Kier molecular flexibility index (Phi) is 2.42. The summed E-state index contributed by atoms with van der Waals surface area (Å²) in [5.74, 6) is 0.587. The van der Waals surface area contributed by atoms with E-state index in [-0.39, 0.29) is 4.90 Å². The molecular formula is C10H8N4O2S2. The topological polar surface area (TPSA) is 88.6 Å². The van der Waals surface area contributed by atoms with Crippen molar-refractivity contribution in [3.63, 3.8) is 0 Å². The van der Waals surface area contributed by atoms with Gasteiger partial charge in [-0.05, 0) is 29.7 Å². The van der Waals surface area contributed by atoms with Crippen LogP contribution in [0.2, 0.25) is 0 Å². The lowest BCUT2D eigenvalue weighted by Crippen LogP contribution is -1.96. The Morgan fingerprint density at radius 1 is 1.33 bits per heavy atom. The zero-order chi connectivity index (χ0) is 12.8. The van der Waals surface area contributed by atoms with E-state index in [0.29, 0.717) is 22.6 Å². The minimum atomic E-state index is -3.21. The monoisotopic (exact) mass is 280 g/mol. The van der Waals surface area contributed by atoms with Gasteiger partial charge in [0.05, 0.1) is 15.9 Å². The Labute approximate surface area is 107 Å². The van der Waals surface area contributed by atoms with E-state index in [4.69, 9.17) is 0 Å². The first-order valence-electron chi connectivity index (χ1n) is 5.01. The number of fused-ring (bicyclic) bond motifs is 1. The molecule has 8 heteroatoms. The van der Waals surface area contributed by atoms with Gasteiger partial charge >= 0.3 is 0 Å². The number of imidazole rings is 1. The van der Waals surface area contributed by atoms with Crippen LogP contribution in [-0.2, 0) is 9.84 Å². The van der Waals surface area contributed by atoms with Crippen LogP contribution in [-0.4, -0.2) is 34.2 Å². The number of hydrogen-bond donors (Lipinski definition) is 1. The van der Waals surface area contributed by atoms with Crippen LogP contribution in [0.25, 0.3) is 22.6 Å². The molecule has 0 fully saturated rings. The predicted molar refractivity (Wildman–Crippen MR) is 68.1 cm³/mol. The number of aromatic amines is 1. The van der Waals surface area contributed by atoms with E-state index in [0.717, 1.165) is 0 Å². The second-order valence-electron chi connectivity index (χ2n) is 3.83. The van der Waals surface area contributed by atoms with Crippen molar-refractivity contribution < 1.29 is 8.42 Å². The molecule has 0 bridgehead atoms. The number of nitrogens with zero attached hydrogens (tertiary/aromatic N) is 3. The fraction of sp³-hybridized carbons (Fsp3) is 0.100. The third-order valence-electron chi connectivity index (χ3n) is 2.48. The highest BCUT2D eigenvalue weighted by Gasteiger charge is 2.11. The van der Waals surface area contributed by atoms with Gasteiger partial charge in [0.15, 0.2) is 15.7 Å². The molecule has 92 valence electrons. The van der Waals surface area contributed by atoms with Crippen molar-refractivity contribution in [1.29, 1.82) is 0 Å². The molecule has 2 heterocycles. The highest BCUT2D eigenvalue weighted by atomic mass is 32.2. The molecule has 6 nitrogen and oxygen atoms in total. The molecule has 0 amide bonds. The van der Waals surface area contributed by atoms with Crippen LogP contribution in [0.1, 0.15) is 0 Å². The Hall–Kier alpha value is -1.80. The highest BCUT2D eigenvalue weighted by Crippen LogP contribution is 2.21. The molecule has 1 aromatic carbocycles. The van der Waals surface area contributed by atoms with Crippen molar-refractivity contribution in [2.24, 2.45) is 0 Å². The molecule has 0 radical (unpaired) electrons. The molecule has 0 saturated carbocycles. The number of sulfone groups is 1. The molecule has 3 rings (SSSR count). The summed E-state index contributed by atoms with van der Waals surface area (Å²) in [4.78, 5) is 7.64. The molecule has 3 aromatic rings. The van der Waals surface area contributed by atoms with Gasteiger partial charge in [0.2, 0.25) is 0 Å². The Morgan fingerprint density at radius 3 is 2.83 bits per heavy atom. The van der Waals surface area contributed by atoms with Gasteiger partial charge in [-0.15, -0.1) is 5.10 Å². The van der Waals surface area contributed by atoms with Crippen LogP contribution >= 0.6 is 11.5 Å². The lowest BCUT2D eigenvalue weighted by molar-refractivity contribution is 0.602. The third kappa shape index (κ3) is 1.89. The largest absolute Gasteiger partial charge is 0.337 e. The fourth-order valence-electron chi connectivity index (χ4n) is 1.61. The van der Waals surface area contributed by atoms with E-state index in [2.05, 4.69) is 19.6 Å². The number of hydrogen-bond acceptors (Lipinski definition) is 6. The predicted octanol–water partition coefficient (Wildman–Crippen LogP) is 1.48. The fourth-order valence-corrected chi connectivity index (χ4v) is 2.70. The third-order valence-corrected chi connectivity index (χ3v) is 4.10. The number of aromatic nitrogens is 4. The second-order valence-corrected chi connectivity index (χ2v) is 6.45. The van der Waals surface area contributed by atoms with Gasteiger partial charge in [-0.3, -0.25) is 0 Å². The summed E-state index contributed by atoms with van der Waals surface area (Å²) < 4.78 is 26.7. The second kappa shape index (κ2) is 3.85. The van der Waals surface area contributed by atoms with E-state index >= 15 is 0 Å². The van der Waals surface area contributed by atoms with Gasteiger partial charge in [-0.2, -0.15) is 0 Å². The van der Waals surface area contributed by atoms with Gasteiger partial charge < -0.3 is 4.98 Å². The summed E-state index contributed by atoms with van der Waals surface area (Å²) in [6.07, 6.45) is 1.18. The van der Waals surface area contributed by atoms with Gasteiger partial charge in [-0.1, -0.05) is 4.49 Å². The van der Waals surface area contributed by atoms with Crippen molar-refractivity contribution in [2.45, 2.75) is 4.90 Å². The molecular weight excluding hydrogens is 272 g/mol. The summed E-state index contributed by atoms with van der Waals surface area (Å²) in [7, 11) is -3.21. The van der Waals surface area contributed by atoms with Crippen LogP contribution in [0.15, 0.2) is 28.5 Å². The van der Waals surface area contributed by atoms with Crippen molar-refractivity contribution in [3.8, 4) is 11.5 Å². The molecule has 0 saturated heterocycles. The smallest absolute Gasteiger partial charge is 0.175 e. The lowest BCUT2D eigenvalue weighted by Gasteiger charge is -1.96. The van der Waals surface area contributed by atoms with Gasteiger partial charge in [0, 0.05) is 11.6 Å². The lowest BCUT2D eigenvalue weighted by atomic mass is 10.3. The summed E-state index contributed by atoms with van der Waals surface area (Å²) in [6.45, 7) is 0. The maximum Gasteiger partial charge on any atom is 0.175 e. The van der Waals surface area contributed by atoms with Crippen molar-refractivity contribution in [2.75, 3.05) is 6.26 Å². The summed E-state index contributed by atoms with van der Waals surface area (Å²) in [5.41, 5.74) is 2.02. The quantitative estimate of drug-likeness (QED) is 0.768. The van der Waals surface area contributed by atoms with E-state index in [1.54, 1.807) is 23.6 Å². The maximum absolute atomic E-state index is 11.5. The highest BCUT2D eigenvalue weighted by molar-refractivity contribution is 7.90. The molecule has 0 aliphatic carbocycles. The Morgan fingerprint density at radius 2 is 2.17 bits per heavy atom. The summed E-state index contributed by atoms with van der Waals surface area (Å²) >= 11 is 1.23. The molecule has 0 atom stereocenters. The number of H-pyrrole nitrogens is 1. The minimum Gasteiger partial charge on any atom is -0.337 e. The van der Waals surface area contributed by atoms with E-state index in [1.807, 2.05) is 0 Å². The molecule has 0 unspecified atom stereocenters. The Balaban J connectivity index is 2.19. The molecule has 0 aliphatic rings. The van der Waals surface area contributed by atoms with E-state index < -0.39 is 9.84 Å². The molecule has 0 spiro atoms. The average molecular weight is 280 g/mol. The van der Waals surface area contributed by atoms with Crippen LogP contribution in [0.3, 0.4) is 0 Å². The van der Waals surface area contributed by atoms with Crippen LogP contribution in [0.4, 0.5) is 0 Å². The van der Waals surface area contributed by atoms with Crippen molar-refractivity contribution >= 4 is 32.4 Å². The van der Waals surface area contributed by atoms with Gasteiger partial charge in [0.1, 0.15) is 5.69 Å². The first-order chi connectivity index (χ1) is 8.54. The van der Waals surface area contributed by atoms with Gasteiger partial charge in [-0.25, -0.2) is 13.4 Å². The zero-order valence-electron chi connectivity index (χ0n) is 9.28. The van der Waals surface area contributed by atoms with E-state index in [1.165, 1.54) is 17.8 Å². The van der Waals surface area contributed by atoms with Crippen molar-refractivity contribution in [3.05, 3.63) is 23.6 Å². The average Bonchev–Trinajstić information content (AvgIpc) is 2.95. The number of nitrogens with one attached hydrogen (secondary N) is 1. The van der Waals surface area contributed by atoms with Crippen molar-refractivity contribution in [1.82, 2.24) is 19.6 Å². The van der Waals surface area contributed by atoms with Gasteiger partial charge in [0.25, 0.3) is 0 Å². The van der Waals surface area contributed by atoms with Crippen LogP contribution in [0, 0.1) is 0 Å². The molecule has 2 aromatic heterocycles. The van der Waals surface area contributed by atoms with Crippen LogP contribution < -0.4 is 0 Å². The standard InChI is InChI=1S/C10H8N4O2S2/c1-18(15,16)6-2-3-7-8(4-6)12-10(11-7)9-5-17-14-13-9/h2-5H,1H3,(H,11,12).